The van der Waals surface area contributed by atoms with Gasteiger partial charge in [-0.25, -0.2) is 4.68 Å². The molecule has 0 unspecified atom stereocenters. The molecule has 0 spiro atoms. The molecule has 0 radical (unpaired) electrons. The molecule has 6 heteroatoms. The van der Waals surface area contributed by atoms with Crippen LogP contribution in [0.3, 0.4) is 0 Å². The monoisotopic (exact) mass is 327 g/mol. The van der Waals surface area contributed by atoms with Crippen LogP contribution in [0, 0.1) is 0 Å². The molecule has 18 heavy (non-hydrogen) atoms. The van der Waals surface area contributed by atoms with Crippen molar-refractivity contribution in [2.45, 2.75) is 13.5 Å². The first-order valence-electron chi connectivity index (χ1n) is 5.61. The third-order valence-electron chi connectivity index (χ3n) is 2.70. The Hall–Kier alpha value is -1.14. The van der Waals surface area contributed by atoms with Gasteiger partial charge >= 0.3 is 0 Å². The molecule has 0 saturated carbocycles. The van der Waals surface area contributed by atoms with Crippen molar-refractivity contribution >= 4 is 33.0 Å². The number of rotatable bonds is 4. The van der Waals surface area contributed by atoms with Crippen molar-refractivity contribution in [1.29, 1.82) is 0 Å². The van der Waals surface area contributed by atoms with Crippen molar-refractivity contribution in [3.8, 4) is 0 Å². The summed E-state index contributed by atoms with van der Waals surface area (Å²) in [7, 11) is 1.94. The van der Waals surface area contributed by atoms with Crippen LogP contribution in [0.15, 0.2) is 33.0 Å². The van der Waals surface area contributed by atoms with Gasteiger partial charge < -0.3 is 4.90 Å². The van der Waals surface area contributed by atoms with Gasteiger partial charge in [0, 0.05) is 34.4 Å². The largest absolute Gasteiger partial charge is 0.373 e. The first kappa shape index (κ1) is 13.3. The van der Waals surface area contributed by atoms with Gasteiger partial charge in [0.15, 0.2) is 0 Å². The Balaban J connectivity index is 2.22. The lowest BCUT2D eigenvalue weighted by atomic mass is 10.4. The zero-order valence-corrected chi connectivity index (χ0v) is 12.7. The standard InChI is InChI=1S/C12H14BrN3OS/c1-3-15(2)10-5-12(17)16(14-6-10)7-11-4-9(13)8-18-11/h4-6,8H,3,7H2,1-2H3. The van der Waals surface area contributed by atoms with E-state index in [9.17, 15) is 4.79 Å². The van der Waals surface area contributed by atoms with E-state index in [2.05, 4.69) is 21.0 Å². The Morgan fingerprint density at radius 2 is 2.28 bits per heavy atom. The van der Waals surface area contributed by atoms with Crippen molar-refractivity contribution in [2.75, 3.05) is 18.5 Å². The fraction of sp³-hybridized carbons (Fsp3) is 0.333. The lowest BCUT2D eigenvalue weighted by molar-refractivity contribution is 0.643. The van der Waals surface area contributed by atoms with Gasteiger partial charge in [-0.05, 0) is 28.9 Å². The Labute approximate surface area is 118 Å². The normalized spacial score (nSPS) is 10.6. The fourth-order valence-electron chi connectivity index (χ4n) is 1.52. The molecule has 0 bridgehead atoms. The first-order valence-corrected chi connectivity index (χ1v) is 7.28. The predicted octanol–water partition coefficient (Wildman–Crippen LogP) is 2.57. The summed E-state index contributed by atoms with van der Waals surface area (Å²) in [5, 5.41) is 6.21. The molecule has 0 aromatic carbocycles. The second-order valence-electron chi connectivity index (χ2n) is 3.96. The van der Waals surface area contributed by atoms with Crippen LogP contribution in [0.5, 0.6) is 0 Å². The smallest absolute Gasteiger partial charge is 0.269 e. The van der Waals surface area contributed by atoms with Gasteiger partial charge in [0.2, 0.25) is 0 Å². The zero-order valence-electron chi connectivity index (χ0n) is 10.3. The first-order chi connectivity index (χ1) is 8.60. The molecule has 4 nitrogen and oxygen atoms in total. The average molecular weight is 328 g/mol. The van der Waals surface area contributed by atoms with Gasteiger partial charge in [-0.15, -0.1) is 11.3 Å². The molecule has 0 aliphatic carbocycles. The Kier molecular flexibility index (Phi) is 4.19. The molecule has 2 aromatic heterocycles. The second-order valence-corrected chi connectivity index (χ2v) is 5.87. The van der Waals surface area contributed by atoms with Crippen molar-refractivity contribution in [2.24, 2.45) is 0 Å². The molecular weight excluding hydrogens is 314 g/mol. The molecule has 2 rings (SSSR count). The molecule has 0 N–H and O–H groups in total. The van der Waals surface area contributed by atoms with Crippen molar-refractivity contribution in [3.63, 3.8) is 0 Å². The zero-order chi connectivity index (χ0) is 13.1. The van der Waals surface area contributed by atoms with Gasteiger partial charge in [-0.3, -0.25) is 4.79 Å². The van der Waals surface area contributed by atoms with Gasteiger partial charge in [-0.1, -0.05) is 0 Å². The molecule has 2 aromatic rings. The van der Waals surface area contributed by atoms with E-state index in [1.165, 1.54) is 4.68 Å². The summed E-state index contributed by atoms with van der Waals surface area (Å²) in [6.07, 6.45) is 1.73. The lowest BCUT2D eigenvalue weighted by Crippen LogP contribution is -2.25. The van der Waals surface area contributed by atoms with Gasteiger partial charge in [0.1, 0.15) is 0 Å². The summed E-state index contributed by atoms with van der Waals surface area (Å²) < 4.78 is 2.52. The Morgan fingerprint density at radius 1 is 1.50 bits per heavy atom. The Bertz CT molecular complexity index is 593. The number of nitrogens with zero attached hydrogens (tertiary/aromatic N) is 3. The molecule has 2 heterocycles. The van der Waals surface area contributed by atoms with Crippen LogP contribution in [0.4, 0.5) is 5.69 Å². The number of anilines is 1. The summed E-state index contributed by atoms with van der Waals surface area (Å²) in [6.45, 7) is 3.41. The highest BCUT2D eigenvalue weighted by molar-refractivity contribution is 9.10. The van der Waals surface area contributed by atoms with Crippen LogP contribution >= 0.6 is 27.3 Å². The summed E-state index contributed by atoms with van der Waals surface area (Å²) in [6, 6.07) is 3.63. The molecular formula is C12H14BrN3OS. The van der Waals surface area contributed by atoms with Crippen LogP contribution in [0.1, 0.15) is 11.8 Å². The SMILES string of the molecule is CCN(C)c1cnn(Cc2cc(Br)cs2)c(=O)c1. The molecule has 0 amide bonds. The highest BCUT2D eigenvalue weighted by Crippen LogP contribution is 2.20. The maximum Gasteiger partial charge on any atom is 0.269 e. The van der Waals surface area contributed by atoms with E-state index in [1.807, 2.05) is 30.3 Å². The van der Waals surface area contributed by atoms with Crippen LogP contribution < -0.4 is 10.5 Å². The summed E-state index contributed by atoms with van der Waals surface area (Å²) in [5.41, 5.74) is 0.781. The number of aromatic nitrogens is 2. The predicted molar refractivity (Wildman–Crippen MR) is 78.6 cm³/mol. The van der Waals surface area contributed by atoms with Crippen LogP contribution in [-0.4, -0.2) is 23.4 Å². The van der Waals surface area contributed by atoms with E-state index in [0.29, 0.717) is 6.54 Å². The van der Waals surface area contributed by atoms with Gasteiger partial charge in [-0.2, -0.15) is 5.10 Å². The summed E-state index contributed by atoms with van der Waals surface area (Å²) in [5.74, 6) is 0. The molecule has 0 saturated heterocycles. The fourth-order valence-corrected chi connectivity index (χ4v) is 2.95. The quantitative estimate of drug-likeness (QED) is 0.866. The summed E-state index contributed by atoms with van der Waals surface area (Å²) >= 11 is 5.01. The highest BCUT2D eigenvalue weighted by Gasteiger charge is 2.05. The van der Waals surface area contributed by atoms with E-state index < -0.39 is 0 Å². The molecule has 0 aliphatic heterocycles. The third kappa shape index (κ3) is 3.00. The molecule has 0 atom stereocenters. The third-order valence-corrected chi connectivity index (χ3v) is 4.38. The van der Waals surface area contributed by atoms with E-state index >= 15 is 0 Å². The number of hydrogen-bond acceptors (Lipinski definition) is 4. The van der Waals surface area contributed by atoms with E-state index in [0.717, 1.165) is 21.6 Å². The number of thiophene rings is 1. The van der Waals surface area contributed by atoms with Crippen LogP contribution in [-0.2, 0) is 6.54 Å². The highest BCUT2D eigenvalue weighted by atomic mass is 79.9. The topological polar surface area (TPSA) is 38.1 Å². The second kappa shape index (κ2) is 5.67. The van der Waals surface area contributed by atoms with Crippen molar-refractivity contribution in [1.82, 2.24) is 9.78 Å². The van der Waals surface area contributed by atoms with Gasteiger partial charge in [0.05, 0.1) is 18.4 Å². The minimum atomic E-state index is -0.0719. The minimum Gasteiger partial charge on any atom is -0.373 e. The van der Waals surface area contributed by atoms with E-state index in [-0.39, 0.29) is 5.56 Å². The summed E-state index contributed by atoms with van der Waals surface area (Å²) in [4.78, 5) is 15.0. The minimum absolute atomic E-state index is 0.0719. The average Bonchev–Trinajstić information content (AvgIpc) is 2.76. The molecule has 0 aliphatic rings. The maximum absolute atomic E-state index is 11.9. The van der Waals surface area contributed by atoms with E-state index in [4.69, 9.17) is 0 Å². The van der Waals surface area contributed by atoms with Crippen LogP contribution in [0.25, 0.3) is 0 Å². The molecule has 0 fully saturated rings. The number of halogens is 1. The molecule has 96 valence electrons. The van der Waals surface area contributed by atoms with Crippen molar-refractivity contribution in [3.05, 3.63) is 43.4 Å². The van der Waals surface area contributed by atoms with Gasteiger partial charge in [0.25, 0.3) is 5.56 Å². The van der Waals surface area contributed by atoms with E-state index in [1.54, 1.807) is 23.6 Å². The number of hydrogen-bond donors (Lipinski definition) is 0. The van der Waals surface area contributed by atoms with Crippen LogP contribution in [0.2, 0.25) is 0 Å². The maximum atomic E-state index is 11.9. The Morgan fingerprint density at radius 3 is 2.83 bits per heavy atom. The van der Waals surface area contributed by atoms with Crippen molar-refractivity contribution < 1.29 is 0 Å². The lowest BCUT2D eigenvalue weighted by Gasteiger charge is -2.16.